The van der Waals surface area contributed by atoms with Crippen LogP contribution in [0.3, 0.4) is 0 Å². The predicted molar refractivity (Wildman–Crippen MR) is 90.3 cm³/mol. The maximum absolute atomic E-state index is 11.1. The Kier molecular flexibility index (Phi) is 5.42. The third kappa shape index (κ3) is 5.13. The van der Waals surface area contributed by atoms with Gasteiger partial charge in [-0.05, 0) is 55.7 Å². The fourth-order valence-corrected chi connectivity index (χ4v) is 2.29. The van der Waals surface area contributed by atoms with Crippen molar-refractivity contribution in [1.82, 2.24) is 0 Å². The maximum Gasteiger partial charge on any atom is 0.221 e. The lowest BCUT2D eigenvalue weighted by Gasteiger charge is -2.16. The van der Waals surface area contributed by atoms with Crippen molar-refractivity contribution >= 4 is 17.3 Å². The van der Waals surface area contributed by atoms with E-state index in [1.807, 2.05) is 36.4 Å². The Labute approximate surface area is 131 Å². The number of carbonyl (C=O) groups is 1. The van der Waals surface area contributed by atoms with E-state index >= 15 is 0 Å². The molecule has 4 heteroatoms. The lowest BCUT2D eigenvalue weighted by molar-refractivity contribution is -0.114. The summed E-state index contributed by atoms with van der Waals surface area (Å²) in [5.74, 6) is 0.224. The number of aryl methyl sites for hydroxylation is 1. The maximum atomic E-state index is 11.1. The molecule has 0 bridgehead atoms. The fraction of sp³-hybridized carbons (Fsp3) is 0.278. The van der Waals surface area contributed by atoms with Gasteiger partial charge in [0.05, 0.1) is 0 Å². The SMILES string of the molecule is CC(=O)Nc1cccc(NC(C)CCc2ccc(O)cc2)c1. The van der Waals surface area contributed by atoms with Gasteiger partial charge in [-0.3, -0.25) is 4.79 Å². The summed E-state index contributed by atoms with van der Waals surface area (Å²) >= 11 is 0. The quantitative estimate of drug-likeness (QED) is 0.760. The van der Waals surface area contributed by atoms with Crippen molar-refractivity contribution in [3.05, 3.63) is 54.1 Å². The van der Waals surface area contributed by atoms with E-state index in [2.05, 4.69) is 17.6 Å². The molecule has 0 aromatic heterocycles. The molecule has 0 saturated carbocycles. The molecule has 1 unspecified atom stereocenters. The van der Waals surface area contributed by atoms with Crippen molar-refractivity contribution in [3.8, 4) is 5.75 Å². The van der Waals surface area contributed by atoms with Gasteiger partial charge in [0.1, 0.15) is 5.75 Å². The van der Waals surface area contributed by atoms with Gasteiger partial charge in [0.25, 0.3) is 0 Å². The van der Waals surface area contributed by atoms with E-state index in [-0.39, 0.29) is 5.91 Å². The van der Waals surface area contributed by atoms with Crippen molar-refractivity contribution in [1.29, 1.82) is 0 Å². The Morgan fingerprint density at radius 3 is 2.50 bits per heavy atom. The highest BCUT2D eigenvalue weighted by Crippen LogP contribution is 2.18. The molecule has 0 fully saturated rings. The Bertz CT molecular complexity index is 623. The van der Waals surface area contributed by atoms with Gasteiger partial charge in [-0.15, -0.1) is 0 Å². The molecular formula is C18H22N2O2. The summed E-state index contributed by atoms with van der Waals surface area (Å²) in [5, 5.41) is 15.5. The smallest absolute Gasteiger partial charge is 0.221 e. The van der Waals surface area contributed by atoms with Crippen LogP contribution in [0, 0.1) is 0 Å². The Balaban J connectivity index is 1.87. The van der Waals surface area contributed by atoms with Gasteiger partial charge in [0, 0.05) is 24.3 Å². The Hall–Kier alpha value is -2.49. The topological polar surface area (TPSA) is 61.4 Å². The van der Waals surface area contributed by atoms with E-state index in [0.717, 1.165) is 24.2 Å². The molecule has 2 aromatic rings. The number of anilines is 2. The first-order chi connectivity index (χ1) is 10.5. The largest absolute Gasteiger partial charge is 0.508 e. The fourth-order valence-electron chi connectivity index (χ4n) is 2.29. The third-order valence-corrected chi connectivity index (χ3v) is 3.40. The summed E-state index contributed by atoms with van der Waals surface area (Å²) in [7, 11) is 0. The summed E-state index contributed by atoms with van der Waals surface area (Å²) in [5.41, 5.74) is 2.99. The second-order valence-corrected chi connectivity index (χ2v) is 5.51. The van der Waals surface area contributed by atoms with Crippen LogP contribution in [0.2, 0.25) is 0 Å². The minimum Gasteiger partial charge on any atom is -0.508 e. The Morgan fingerprint density at radius 1 is 1.14 bits per heavy atom. The highest BCUT2D eigenvalue weighted by molar-refractivity contribution is 5.89. The number of aromatic hydroxyl groups is 1. The van der Waals surface area contributed by atoms with Gasteiger partial charge in [-0.25, -0.2) is 0 Å². The molecule has 2 rings (SSSR count). The van der Waals surface area contributed by atoms with E-state index in [1.54, 1.807) is 12.1 Å². The summed E-state index contributed by atoms with van der Waals surface area (Å²) in [4.78, 5) is 11.1. The number of rotatable bonds is 6. The molecule has 4 nitrogen and oxygen atoms in total. The highest BCUT2D eigenvalue weighted by atomic mass is 16.3. The molecule has 3 N–H and O–H groups in total. The zero-order chi connectivity index (χ0) is 15.9. The van der Waals surface area contributed by atoms with Gasteiger partial charge in [0.15, 0.2) is 0 Å². The number of phenols is 1. The molecule has 0 heterocycles. The average Bonchev–Trinajstić information content (AvgIpc) is 2.46. The van der Waals surface area contributed by atoms with Crippen LogP contribution in [-0.2, 0) is 11.2 Å². The first-order valence-electron chi connectivity index (χ1n) is 7.45. The molecule has 1 atom stereocenters. The molecule has 116 valence electrons. The Morgan fingerprint density at radius 2 is 1.82 bits per heavy atom. The van der Waals surface area contributed by atoms with Crippen LogP contribution in [0.25, 0.3) is 0 Å². The van der Waals surface area contributed by atoms with E-state index in [9.17, 15) is 9.90 Å². The number of benzene rings is 2. The molecule has 1 amide bonds. The van der Waals surface area contributed by atoms with Crippen molar-refractivity contribution in [2.45, 2.75) is 32.7 Å². The number of hydrogen-bond donors (Lipinski definition) is 3. The molecule has 2 aromatic carbocycles. The number of hydrogen-bond acceptors (Lipinski definition) is 3. The van der Waals surface area contributed by atoms with Crippen molar-refractivity contribution in [3.63, 3.8) is 0 Å². The van der Waals surface area contributed by atoms with Gasteiger partial charge < -0.3 is 15.7 Å². The molecule has 0 saturated heterocycles. The van der Waals surface area contributed by atoms with E-state index in [1.165, 1.54) is 12.5 Å². The molecule has 0 aliphatic carbocycles. The van der Waals surface area contributed by atoms with Crippen LogP contribution >= 0.6 is 0 Å². The molecule has 0 spiro atoms. The highest BCUT2D eigenvalue weighted by Gasteiger charge is 2.04. The van der Waals surface area contributed by atoms with Gasteiger partial charge >= 0.3 is 0 Å². The van der Waals surface area contributed by atoms with Crippen LogP contribution in [-0.4, -0.2) is 17.1 Å². The standard InChI is InChI=1S/C18H22N2O2/c1-13(6-7-15-8-10-18(22)11-9-15)19-16-4-3-5-17(12-16)20-14(2)21/h3-5,8-13,19,22H,6-7H2,1-2H3,(H,20,21). The lowest BCUT2D eigenvalue weighted by atomic mass is 10.1. The monoisotopic (exact) mass is 298 g/mol. The summed E-state index contributed by atoms with van der Waals surface area (Å²) in [6.45, 7) is 3.63. The minimum atomic E-state index is -0.0717. The molecule has 0 radical (unpaired) electrons. The van der Waals surface area contributed by atoms with Gasteiger partial charge in [-0.2, -0.15) is 0 Å². The van der Waals surface area contributed by atoms with Gasteiger partial charge in [-0.1, -0.05) is 18.2 Å². The summed E-state index contributed by atoms with van der Waals surface area (Å²) in [6, 6.07) is 15.3. The average molecular weight is 298 g/mol. The third-order valence-electron chi connectivity index (χ3n) is 3.40. The van der Waals surface area contributed by atoms with Crippen molar-refractivity contribution in [2.24, 2.45) is 0 Å². The number of phenolic OH excluding ortho intramolecular Hbond substituents is 1. The number of carbonyl (C=O) groups excluding carboxylic acids is 1. The van der Waals surface area contributed by atoms with Crippen LogP contribution in [0.4, 0.5) is 11.4 Å². The molecule has 0 aliphatic rings. The normalized spacial score (nSPS) is 11.7. The van der Waals surface area contributed by atoms with E-state index in [4.69, 9.17) is 0 Å². The van der Waals surface area contributed by atoms with Crippen LogP contribution in [0.5, 0.6) is 5.75 Å². The lowest BCUT2D eigenvalue weighted by Crippen LogP contribution is -2.16. The molecule has 0 aliphatic heterocycles. The van der Waals surface area contributed by atoms with Crippen LogP contribution < -0.4 is 10.6 Å². The van der Waals surface area contributed by atoms with Crippen molar-refractivity contribution < 1.29 is 9.90 Å². The van der Waals surface area contributed by atoms with Crippen LogP contribution in [0.15, 0.2) is 48.5 Å². The second-order valence-electron chi connectivity index (χ2n) is 5.51. The van der Waals surface area contributed by atoms with Crippen LogP contribution in [0.1, 0.15) is 25.8 Å². The second kappa shape index (κ2) is 7.50. The zero-order valence-electron chi connectivity index (χ0n) is 13.0. The summed E-state index contributed by atoms with van der Waals surface area (Å²) < 4.78 is 0. The summed E-state index contributed by atoms with van der Waals surface area (Å²) in [6.07, 6.45) is 1.93. The number of amides is 1. The first kappa shape index (κ1) is 15.9. The minimum absolute atomic E-state index is 0.0717. The van der Waals surface area contributed by atoms with Crippen molar-refractivity contribution in [2.75, 3.05) is 10.6 Å². The molecule has 22 heavy (non-hydrogen) atoms. The molecular weight excluding hydrogens is 276 g/mol. The predicted octanol–water partition coefficient (Wildman–Crippen LogP) is 3.78. The first-order valence-corrected chi connectivity index (χ1v) is 7.45. The van der Waals surface area contributed by atoms with Gasteiger partial charge in [0.2, 0.25) is 5.91 Å². The number of nitrogens with one attached hydrogen (secondary N) is 2. The zero-order valence-corrected chi connectivity index (χ0v) is 13.0. The van der Waals surface area contributed by atoms with E-state index in [0.29, 0.717) is 11.8 Å². The van der Waals surface area contributed by atoms with E-state index < -0.39 is 0 Å².